The summed E-state index contributed by atoms with van der Waals surface area (Å²) in [6.45, 7) is 4.11. The molecule has 0 bridgehead atoms. The summed E-state index contributed by atoms with van der Waals surface area (Å²) in [7, 11) is 0. The van der Waals surface area contributed by atoms with Gasteiger partial charge in [-0.3, -0.25) is 9.97 Å². The van der Waals surface area contributed by atoms with E-state index in [0.717, 1.165) is 24.2 Å². The molecule has 0 aliphatic rings. The topological polar surface area (TPSA) is 25.8 Å². The SMILES string of the molecule is C[CH]c1cncc(CCC)n1. The van der Waals surface area contributed by atoms with Crippen LogP contribution >= 0.6 is 0 Å². The molecule has 0 saturated carbocycles. The predicted octanol–water partition coefficient (Wildman–Crippen LogP) is 2.00. The summed E-state index contributed by atoms with van der Waals surface area (Å²) >= 11 is 0. The van der Waals surface area contributed by atoms with Gasteiger partial charge in [0, 0.05) is 18.8 Å². The fourth-order valence-corrected chi connectivity index (χ4v) is 0.939. The average Bonchev–Trinajstić information content (AvgIpc) is 2.06. The molecular weight excluding hydrogens is 136 g/mol. The first kappa shape index (κ1) is 8.18. The lowest BCUT2D eigenvalue weighted by Crippen LogP contribution is -1.94. The molecule has 11 heavy (non-hydrogen) atoms. The molecular formula is C9H13N2. The summed E-state index contributed by atoms with van der Waals surface area (Å²) in [4.78, 5) is 8.44. The van der Waals surface area contributed by atoms with Crippen LogP contribution in [0.2, 0.25) is 0 Å². The number of aryl methyl sites for hydroxylation is 1. The molecule has 1 radical (unpaired) electrons. The minimum Gasteiger partial charge on any atom is -0.261 e. The maximum atomic E-state index is 4.36. The van der Waals surface area contributed by atoms with Crippen LogP contribution in [0.4, 0.5) is 0 Å². The van der Waals surface area contributed by atoms with Crippen molar-refractivity contribution in [3.8, 4) is 0 Å². The Morgan fingerprint density at radius 2 is 2.27 bits per heavy atom. The van der Waals surface area contributed by atoms with Crippen molar-refractivity contribution >= 4 is 0 Å². The summed E-state index contributed by atoms with van der Waals surface area (Å²) in [5.41, 5.74) is 2.05. The molecule has 0 N–H and O–H groups in total. The van der Waals surface area contributed by atoms with Crippen LogP contribution in [0.5, 0.6) is 0 Å². The Morgan fingerprint density at radius 3 is 2.91 bits per heavy atom. The van der Waals surface area contributed by atoms with Crippen LogP contribution in [-0.4, -0.2) is 9.97 Å². The van der Waals surface area contributed by atoms with Crippen LogP contribution in [0.1, 0.15) is 31.7 Å². The first-order valence-corrected chi connectivity index (χ1v) is 3.97. The number of nitrogens with zero attached hydrogens (tertiary/aromatic N) is 2. The maximum Gasteiger partial charge on any atom is 0.0624 e. The molecule has 0 saturated heterocycles. The molecule has 1 heterocycles. The molecule has 0 atom stereocenters. The molecule has 0 fully saturated rings. The third kappa shape index (κ3) is 2.30. The van der Waals surface area contributed by atoms with Crippen molar-refractivity contribution in [3.63, 3.8) is 0 Å². The molecule has 1 rings (SSSR count). The van der Waals surface area contributed by atoms with E-state index in [0.29, 0.717) is 0 Å². The van der Waals surface area contributed by atoms with Crippen molar-refractivity contribution in [2.45, 2.75) is 26.7 Å². The summed E-state index contributed by atoms with van der Waals surface area (Å²) in [5, 5.41) is 0. The Balaban J connectivity index is 2.74. The molecule has 0 unspecified atom stereocenters. The van der Waals surface area contributed by atoms with Gasteiger partial charge in [-0.05, 0) is 6.42 Å². The monoisotopic (exact) mass is 149 g/mol. The van der Waals surface area contributed by atoms with E-state index in [2.05, 4.69) is 16.9 Å². The highest BCUT2D eigenvalue weighted by Gasteiger charge is 1.94. The average molecular weight is 149 g/mol. The third-order valence-corrected chi connectivity index (χ3v) is 1.50. The first-order valence-electron chi connectivity index (χ1n) is 3.97. The second-order valence-electron chi connectivity index (χ2n) is 2.47. The minimum absolute atomic E-state index is 0.968. The largest absolute Gasteiger partial charge is 0.261 e. The van der Waals surface area contributed by atoms with Gasteiger partial charge in [-0.25, -0.2) is 0 Å². The molecule has 0 spiro atoms. The lowest BCUT2D eigenvalue weighted by molar-refractivity contribution is 0.862. The number of hydrogen-bond acceptors (Lipinski definition) is 2. The number of hydrogen-bond donors (Lipinski definition) is 0. The lowest BCUT2D eigenvalue weighted by atomic mass is 10.2. The Bertz CT molecular complexity index is 221. The standard InChI is InChI=1S/C9H13N2/c1-3-5-9-7-10-6-8(4-2)11-9/h4,6-7H,3,5H2,1-2H3. The molecule has 1 aromatic heterocycles. The molecule has 0 aromatic carbocycles. The number of rotatable bonds is 3. The fourth-order valence-electron chi connectivity index (χ4n) is 0.939. The zero-order valence-corrected chi connectivity index (χ0v) is 7.04. The van der Waals surface area contributed by atoms with Gasteiger partial charge < -0.3 is 0 Å². The lowest BCUT2D eigenvalue weighted by Gasteiger charge is -1.98. The smallest absolute Gasteiger partial charge is 0.0624 e. The Morgan fingerprint density at radius 1 is 1.45 bits per heavy atom. The summed E-state index contributed by atoms with van der Waals surface area (Å²) in [6.07, 6.45) is 7.72. The zero-order valence-electron chi connectivity index (χ0n) is 7.04. The second kappa shape index (κ2) is 4.06. The van der Waals surface area contributed by atoms with Gasteiger partial charge >= 0.3 is 0 Å². The highest BCUT2D eigenvalue weighted by Crippen LogP contribution is 2.00. The van der Waals surface area contributed by atoms with Crippen molar-refractivity contribution in [1.82, 2.24) is 9.97 Å². The van der Waals surface area contributed by atoms with Crippen LogP contribution in [0.3, 0.4) is 0 Å². The van der Waals surface area contributed by atoms with Gasteiger partial charge in [0.25, 0.3) is 0 Å². The summed E-state index contributed by atoms with van der Waals surface area (Å²) in [5.74, 6) is 0. The van der Waals surface area contributed by atoms with Crippen molar-refractivity contribution in [1.29, 1.82) is 0 Å². The van der Waals surface area contributed by atoms with Gasteiger partial charge in [0.2, 0.25) is 0 Å². The Labute approximate surface area is 67.7 Å². The van der Waals surface area contributed by atoms with E-state index in [4.69, 9.17) is 0 Å². The van der Waals surface area contributed by atoms with Crippen LogP contribution in [0, 0.1) is 6.42 Å². The fraction of sp³-hybridized carbons (Fsp3) is 0.444. The molecule has 2 nitrogen and oxygen atoms in total. The van der Waals surface area contributed by atoms with E-state index in [1.165, 1.54) is 0 Å². The van der Waals surface area contributed by atoms with Gasteiger partial charge in [-0.2, -0.15) is 0 Å². The van der Waals surface area contributed by atoms with Crippen molar-refractivity contribution in [2.24, 2.45) is 0 Å². The summed E-state index contributed by atoms with van der Waals surface area (Å²) < 4.78 is 0. The van der Waals surface area contributed by atoms with Crippen molar-refractivity contribution < 1.29 is 0 Å². The normalized spacial score (nSPS) is 10.0. The van der Waals surface area contributed by atoms with Gasteiger partial charge in [-0.15, -0.1) is 0 Å². The molecule has 0 aliphatic carbocycles. The molecule has 2 heteroatoms. The molecule has 59 valence electrons. The van der Waals surface area contributed by atoms with Gasteiger partial charge in [0.05, 0.1) is 11.4 Å². The van der Waals surface area contributed by atoms with Crippen LogP contribution in [-0.2, 0) is 6.42 Å². The highest BCUT2D eigenvalue weighted by molar-refractivity contribution is 5.09. The first-order chi connectivity index (χ1) is 5.36. The quantitative estimate of drug-likeness (QED) is 0.657. The van der Waals surface area contributed by atoms with E-state index in [9.17, 15) is 0 Å². The Hall–Kier alpha value is -0.920. The van der Waals surface area contributed by atoms with Crippen LogP contribution in [0.25, 0.3) is 0 Å². The zero-order chi connectivity index (χ0) is 8.10. The Kier molecular flexibility index (Phi) is 3.02. The third-order valence-electron chi connectivity index (χ3n) is 1.50. The van der Waals surface area contributed by atoms with Gasteiger partial charge in [0.1, 0.15) is 0 Å². The second-order valence-corrected chi connectivity index (χ2v) is 2.47. The van der Waals surface area contributed by atoms with Gasteiger partial charge in [-0.1, -0.05) is 20.3 Å². The van der Waals surface area contributed by atoms with Crippen LogP contribution in [0.15, 0.2) is 12.4 Å². The minimum atomic E-state index is 0.968. The van der Waals surface area contributed by atoms with Gasteiger partial charge in [0.15, 0.2) is 0 Å². The highest BCUT2D eigenvalue weighted by atomic mass is 14.8. The molecule has 1 aromatic rings. The van der Waals surface area contributed by atoms with Crippen molar-refractivity contribution in [3.05, 3.63) is 30.2 Å². The van der Waals surface area contributed by atoms with E-state index < -0.39 is 0 Å². The van der Waals surface area contributed by atoms with E-state index in [-0.39, 0.29) is 0 Å². The maximum absolute atomic E-state index is 4.36. The number of aromatic nitrogens is 2. The summed E-state index contributed by atoms with van der Waals surface area (Å²) in [6, 6.07) is 0. The van der Waals surface area contributed by atoms with Crippen LogP contribution < -0.4 is 0 Å². The van der Waals surface area contributed by atoms with E-state index in [1.54, 1.807) is 6.20 Å². The van der Waals surface area contributed by atoms with E-state index in [1.807, 2.05) is 19.5 Å². The van der Waals surface area contributed by atoms with E-state index >= 15 is 0 Å². The van der Waals surface area contributed by atoms with Crippen molar-refractivity contribution in [2.75, 3.05) is 0 Å². The molecule has 0 aliphatic heterocycles. The predicted molar refractivity (Wildman–Crippen MR) is 45.1 cm³/mol. The molecule has 0 amide bonds.